The van der Waals surface area contributed by atoms with Gasteiger partial charge in [0.15, 0.2) is 0 Å². The zero-order valence-electron chi connectivity index (χ0n) is 11.0. The van der Waals surface area contributed by atoms with Crippen molar-refractivity contribution in [2.75, 3.05) is 0 Å². The van der Waals surface area contributed by atoms with Crippen LogP contribution < -0.4 is 11.1 Å². The number of nitrogens with two attached hydrogens (primary N) is 1. The van der Waals surface area contributed by atoms with Crippen LogP contribution in [0.25, 0.3) is 10.1 Å². The molecule has 6 heteroatoms. The SMILES string of the molecule is CCC(CC(N)=S)NC(=O)c1cc2ccc(F)cc2s1. The maximum atomic E-state index is 13.1. The zero-order valence-corrected chi connectivity index (χ0v) is 12.6. The van der Waals surface area contributed by atoms with Gasteiger partial charge in [-0.15, -0.1) is 11.3 Å². The average Bonchev–Trinajstić information content (AvgIpc) is 2.80. The number of benzene rings is 1. The molecule has 0 bridgehead atoms. The van der Waals surface area contributed by atoms with Gasteiger partial charge in [-0.25, -0.2) is 4.39 Å². The number of rotatable bonds is 5. The van der Waals surface area contributed by atoms with E-state index in [1.165, 1.54) is 23.5 Å². The van der Waals surface area contributed by atoms with Gasteiger partial charge in [0.05, 0.1) is 9.87 Å². The molecule has 0 radical (unpaired) electrons. The van der Waals surface area contributed by atoms with Gasteiger partial charge in [0, 0.05) is 17.2 Å². The molecule has 1 unspecified atom stereocenters. The monoisotopic (exact) mass is 310 g/mol. The van der Waals surface area contributed by atoms with Crippen molar-refractivity contribution in [3.63, 3.8) is 0 Å². The number of hydrogen-bond donors (Lipinski definition) is 2. The molecular formula is C14H15FN2OS2. The molecule has 0 spiro atoms. The lowest BCUT2D eigenvalue weighted by molar-refractivity contribution is 0.0941. The van der Waals surface area contributed by atoms with Gasteiger partial charge in [-0.1, -0.05) is 25.2 Å². The van der Waals surface area contributed by atoms with E-state index in [1.807, 2.05) is 6.92 Å². The van der Waals surface area contributed by atoms with E-state index < -0.39 is 0 Å². The minimum Gasteiger partial charge on any atom is -0.393 e. The summed E-state index contributed by atoms with van der Waals surface area (Å²) in [5, 5.41) is 3.76. The van der Waals surface area contributed by atoms with Gasteiger partial charge in [-0.2, -0.15) is 0 Å². The summed E-state index contributed by atoms with van der Waals surface area (Å²) in [6, 6.07) is 6.19. The van der Waals surface area contributed by atoms with E-state index >= 15 is 0 Å². The van der Waals surface area contributed by atoms with Crippen molar-refractivity contribution in [3.8, 4) is 0 Å². The topological polar surface area (TPSA) is 55.1 Å². The molecule has 0 aliphatic heterocycles. The number of hydrogen-bond acceptors (Lipinski definition) is 3. The van der Waals surface area contributed by atoms with E-state index in [1.54, 1.807) is 12.1 Å². The molecule has 0 aliphatic rings. The van der Waals surface area contributed by atoms with Gasteiger partial charge in [0.1, 0.15) is 5.82 Å². The van der Waals surface area contributed by atoms with Crippen LogP contribution in [-0.4, -0.2) is 16.9 Å². The molecule has 0 saturated heterocycles. The van der Waals surface area contributed by atoms with Crippen LogP contribution in [0.2, 0.25) is 0 Å². The number of thiocarbonyl (C=S) groups is 1. The molecule has 1 atom stereocenters. The Bertz CT molecular complexity index is 654. The van der Waals surface area contributed by atoms with Gasteiger partial charge < -0.3 is 11.1 Å². The van der Waals surface area contributed by atoms with Crippen molar-refractivity contribution >= 4 is 44.5 Å². The maximum Gasteiger partial charge on any atom is 0.261 e. The van der Waals surface area contributed by atoms with Gasteiger partial charge in [-0.3, -0.25) is 4.79 Å². The Morgan fingerprint density at radius 2 is 2.25 bits per heavy atom. The summed E-state index contributed by atoms with van der Waals surface area (Å²) in [5.41, 5.74) is 5.50. The van der Waals surface area contributed by atoms with Crippen molar-refractivity contribution < 1.29 is 9.18 Å². The zero-order chi connectivity index (χ0) is 14.7. The van der Waals surface area contributed by atoms with Crippen LogP contribution in [0.4, 0.5) is 4.39 Å². The molecule has 0 saturated carbocycles. The molecule has 1 heterocycles. The Labute approximate surface area is 126 Å². The second-order valence-electron chi connectivity index (χ2n) is 4.54. The Balaban J connectivity index is 2.16. The predicted molar refractivity (Wildman–Crippen MR) is 84.7 cm³/mol. The molecule has 2 aromatic rings. The third kappa shape index (κ3) is 3.52. The number of halogens is 1. The third-order valence-electron chi connectivity index (χ3n) is 2.98. The summed E-state index contributed by atoms with van der Waals surface area (Å²) in [6.07, 6.45) is 1.24. The number of nitrogens with one attached hydrogen (secondary N) is 1. The van der Waals surface area contributed by atoms with Gasteiger partial charge in [-0.05, 0) is 30.0 Å². The van der Waals surface area contributed by atoms with Gasteiger partial charge in [0.25, 0.3) is 5.91 Å². The lowest BCUT2D eigenvalue weighted by Crippen LogP contribution is -2.36. The maximum absolute atomic E-state index is 13.1. The normalized spacial score (nSPS) is 12.3. The summed E-state index contributed by atoms with van der Waals surface area (Å²) in [7, 11) is 0. The molecule has 1 amide bonds. The number of amides is 1. The minimum absolute atomic E-state index is 0.0676. The molecule has 106 valence electrons. The largest absolute Gasteiger partial charge is 0.393 e. The lowest BCUT2D eigenvalue weighted by atomic mass is 10.1. The van der Waals surface area contributed by atoms with Crippen LogP contribution in [0.5, 0.6) is 0 Å². The third-order valence-corrected chi connectivity index (χ3v) is 4.24. The summed E-state index contributed by atoms with van der Waals surface area (Å²) in [4.78, 5) is 13.1. The molecule has 20 heavy (non-hydrogen) atoms. The van der Waals surface area contributed by atoms with Crippen molar-refractivity contribution in [2.45, 2.75) is 25.8 Å². The van der Waals surface area contributed by atoms with Gasteiger partial charge >= 0.3 is 0 Å². The van der Waals surface area contributed by atoms with Crippen molar-refractivity contribution in [3.05, 3.63) is 35.0 Å². The number of carbonyl (C=O) groups is 1. The summed E-state index contributed by atoms with van der Waals surface area (Å²) in [5.74, 6) is -0.471. The minimum atomic E-state index is -0.300. The fraction of sp³-hybridized carbons (Fsp3) is 0.286. The van der Waals surface area contributed by atoms with Crippen LogP contribution in [0, 0.1) is 5.82 Å². The summed E-state index contributed by atoms with van der Waals surface area (Å²) >= 11 is 6.14. The van der Waals surface area contributed by atoms with E-state index in [0.717, 1.165) is 16.5 Å². The highest BCUT2D eigenvalue weighted by atomic mass is 32.1. The van der Waals surface area contributed by atoms with Crippen LogP contribution in [0.3, 0.4) is 0 Å². The average molecular weight is 310 g/mol. The fourth-order valence-electron chi connectivity index (χ4n) is 1.91. The number of thiophene rings is 1. The number of carbonyl (C=O) groups excluding carboxylic acids is 1. The molecule has 3 N–H and O–H groups in total. The van der Waals surface area contributed by atoms with E-state index in [-0.39, 0.29) is 17.8 Å². The first kappa shape index (κ1) is 14.9. The van der Waals surface area contributed by atoms with E-state index in [4.69, 9.17) is 18.0 Å². The van der Waals surface area contributed by atoms with E-state index in [0.29, 0.717) is 16.3 Å². The molecule has 1 aromatic heterocycles. The second-order valence-corrected chi connectivity index (χ2v) is 6.15. The Kier molecular flexibility index (Phi) is 4.67. The van der Waals surface area contributed by atoms with E-state index in [2.05, 4.69) is 5.32 Å². The first-order valence-corrected chi connectivity index (χ1v) is 7.50. The highest BCUT2D eigenvalue weighted by Crippen LogP contribution is 2.26. The molecule has 1 aromatic carbocycles. The predicted octanol–water partition coefficient (Wildman–Crippen LogP) is 3.23. The molecule has 0 fully saturated rings. The first-order valence-electron chi connectivity index (χ1n) is 6.28. The Morgan fingerprint density at radius 3 is 2.90 bits per heavy atom. The Morgan fingerprint density at radius 1 is 1.50 bits per heavy atom. The van der Waals surface area contributed by atoms with Gasteiger partial charge in [0.2, 0.25) is 0 Å². The van der Waals surface area contributed by atoms with Crippen molar-refractivity contribution in [2.24, 2.45) is 5.73 Å². The molecular weight excluding hydrogens is 295 g/mol. The first-order chi connectivity index (χ1) is 9.49. The van der Waals surface area contributed by atoms with Crippen LogP contribution in [0.1, 0.15) is 29.4 Å². The van der Waals surface area contributed by atoms with Crippen LogP contribution in [0.15, 0.2) is 24.3 Å². The molecule has 0 aliphatic carbocycles. The quantitative estimate of drug-likeness (QED) is 0.834. The number of fused-ring (bicyclic) bond motifs is 1. The highest BCUT2D eigenvalue weighted by molar-refractivity contribution is 7.80. The van der Waals surface area contributed by atoms with Crippen molar-refractivity contribution in [1.29, 1.82) is 0 Å². The summed E-state index contributed by atoms with van der Waals surface area (Å²) in [6.45, 7) is 1.96. The highest BCUT2D eigenvalue weighted by Gasteiger charge is 2.15. The standard InChI is InChI=1S/C14H15FN2OS2/c1-2-10(7-13(16)19)17-14(18)12-5-8-3-4-9(15)6-11(8)20-12/h3-6,10H,2,7H2,1H3,(H2,16,19)(H,17,18). The molecule has 3 nitrogen and oxygen atoms in total. The van der Waals surface area contributed by atoms with Crippen LogP contribution in [-0.2, 0) is 0 Å². The smallest absolute Gasteiger partial charge is 0.261 e. The Hall–Kier alpha value is -1.53. The fourth-order valence-corrected chi connectivity index (χ4v) is 3.11. The van der Waals surface area contributed by atoms with E-state index in [9.17, 15) is 9.18 Å². The van der Waals surface area contributed by atoms with Crippen LogP contribution >= 0.6 is 23.6 Å². The van der Waals surface area contributed by atoms with Crippen molar-refractivity contribution in [1.82, 2.24) is 5.32 Å². The second kappa shape index (κ2) is 6.28. The molecule has 2 rings (SSSR count). The lowest BCUT2D eigenvalue weighted by Gasteiger charge is -2.15. The summed E-state index contributed by atoms with van der Waals surface area (Å²) < 4.78 is 13.9.